The average molecular weight is 312 g/mol. The van der Waals surface area contributed by atoms with E-state index in [9.17, 15) is 9.59 Å². The predicted octanol–water partition coefficient (Wildman–Crippen LogP) is 2.77. The molecule has 0 spiro atoms. The molecular weight excluding hydrogens is 294 g/mol. The highest BCUT2D eigenvalue weighted by atomic mass is 16.4. The Morgan fingerprint density at radius 2 is 1.87 bits per heavy atom. The summed E-state index contributed by atoms with van der Waals surface area (Å²) in [5.41, 5.74) is 2.18. The lowest BCUT2D eigenvalue weighted by atomic mass is 10.1. The molecular formula is C18H18NO4+. The van der Waals surface area contributed by atoms with Crippen molar-refractivity contribution in [3.05, 3.63) is 52.2 Å². The second-order valence-electron chi connectivity index (χ2n) is 6.49. The highest BCUT2D eigenvalue weighted by Crippen LogP contribution is 2.26. The number of hydrogen-bond donors (Lipinski definition) is 1. The standard InChI is InChI=1S/C18H17NO4/c1-19(2,3)12-7-8-15-14(10-12)17(22)13-6-4-5-11(9-16(20)21)18(13)23-15/h4-8,10H,9H2,1-3H3/p+1. The fraction of sp³-hybridized carbons (Fsp3) is 0.222. The molecule has 0 atom stereocenters. The molecule has 1 heterocycles. The van der Waals surface area contributed by atoms with Gasteiger partial charge in [0.25, 0.3) is 0 Å². The smallest absolute Gasteiger partial charge is 0.307 e. The third-order valence-electron chi connectivity index (χ3n) is 3.88. The maximum absolute atomic E-state index is 12.8. The lowest BCUT2D eigenvalue weighted by molar-refractivity contribution is -0.136. The Labute approximate surface area is 133 Å². The van der Waals surface area contributed by atoms with Crippen molar-refractivity contribution in [1.29, 1.82) is 0 Å². The third-order valence-corrected chi connectivity index (χ3v) is 3.88. The summed E-state index contributed by atoms with van der Waals surface area (Å²) in [7, 11) is 6.07. The van der Waals surface area contributed by atoms with Gasteiger partial charge in [0.2, 0.25) is 5.43 Å². The van der Waals surface area contributed by atoms with E-state index < -0.39 is 5.97 Å². The van der Waals surface area contributed by atoms with E-state index in [1.807, 2.05) is 33.3 Å². The largest absolute Gasteiger partial charge is 0.481 e. The van der Waals surface area contributed by atoms with Crippen molar-refractivity contribution in [2.75, 3.05) is 21.1 Å². The van der Waals surface area contributed by atoms with Gasteiger partial charge in [-0.25, -0.2) is 0 Å². The van der Waals surface area contributed by atoms with Crippen molar-refractivity contribution in [2.24, 2.45) is 0 Å². The van der Waals surface area contributed by atoms with Crippen LogP contribution in [0, 0.1) is 0 Å². The molecule has 1 aromatic heterocycles. The first-order valence-electron chi connectivity index (χ1n) is 7.29. The van der Waals surface area contributed by atoms with E-state index >= 15 is 0 Å². The first kappa shape index (κ1) is 15.2. The van der Waals surface area contributed by atoms with E-state index in [0.29, 0.717) is 32.0 Å². The van der Waals surface area contributed by atoms with Crippen LogP contribution in [0.1, 0.15) is 5.56 Å². The van der Waals surface area contributed by atoms with Gasteiger partial charge >= 0.3 is 5.97 Å². The summed E-state index contributed by atoms with van der Waals surface area (Å²) in [6, 6.07) is 10.6. The van der Waals surface area contributed by atoms with Crippen molar-refractivity contribution in [1.82, 2.24) is 4.48 Å². The minimum absolute atomic E-state index is 0.135. The third kappa shape index (κ3) is 2.71. The number of hydrogen-bond acceptors (Lipinski definition) is 3. The van der Waals surface area contributed by atoms with E-state index in [1.165, 1.54) is 0 Å². The van der Waals surface area contributed by atoms with Gasteiger partial charge in [0.1, 0.15) is 16.9 Å². The Kier molecular flexibility index (Phi) is 3.45. The molecule has 0 fully saturated rings. The van der Waals surface area contributed by atoms with Crippen LogP contribution in [0.2, 0.25) is 0 Å². The van der Waals surface area contributed by atoms with E-state index in [2.05, 4.69) is 0 Å². The zero-order chi connectivity index (χ0) is 16.8. The lowest BCUT2D eigenvalue weighted by Gasteiger charge is -2.23. The van der Waals surface area contributed by atoms with Crippen LogP contribution in [0.3, 0.4) is 0 Å². The van der Waals surface area contributed by atoms with E-state index in [1.54, 1.807) is 24.3 Å². The van der Waals surface area contributed by atoms with Crippen LogP contribution >= 0.6 is 0 Å². The van der Waals surface area contributed by atoms with E-state index in [0.717, 1.165) is 5.69 Å². The second-order valence-corrected chi connectivity index (χ2v) is 6.49. The molecule has 23 heavy (non-hydrogen) atoms. The molecule has 5 nitrogen and oxygen atoms in total. The molecule has 1 N–H and O–H groups in total. The van der Waals surface area contributed by atoms with E-state index in [4.69, 9.17) is 9.52 Å². The number of fused-ring (bicyclic) bond motifs is 2. The van der Waals surface area contributed by atoms with Gasteiger partial charge in [-0.1, -0.05) is 12.1 Å². The Morgan fingerprint density at radius 1 is 1.13 bits per heavy atom. The Morgan fingerprint density at radius 3 is 2.52 bits per heavy atom. The van der Waals surface area contributed by atoms with Gasteiger partial charge in [0.05, 0.1) is 38.3 Å². The summed E-state index contributed by atoms with van der Waals surface area (Å²) in [6.45, 7) is 0. The number of carbonyl (C=O) groups is 1. The van der Waals surface area contributed by atoms with Gasteiger partial charge in [-0.2, -0.15) is 0 Å². The second kappa shape index (κ2) is 5.21. The molecule has 0 saturated carbocycles. The van der Waals surface area contributed by atoms with Gasteiger partial charge < -0.3 is 9.52 Å². The lowest BCUT2D eigenvalue weighted by Crippen LogP contribution is -2.34. The highest BCUT2D eigenvalue weighted by Gasteiger charge is 2.17. The molecule has 0 unspecified atom stereocenters. The summed E-state index contributed by atoms with van der Waals surface area (Å²) in [6.07, 6.45) is -0.178. The topological polar surface area (TPSA) is 67.5 Å². The Balaban J connectivity index is 2.35. The number of quaternary nitrogens is 1. The van der Waals surface area contributed by atoms with Gasteiger partial charge in [-0.05, 0) is 12.1 Å². The summed E-state index contributed by atoms with van der Waals surface area (Å²) < 4.78 is 6.45. The van der Waals surface area contributed by atoms with Gasteiger partial charge in [-0.3, -0.25) is 14.1 Å². The van der Waals surface area contributed by atoms with Crippen LogP contribution < -0.4 is 9.91 Å². The van der Waals surface area contributed by atoms with E-state index in [-0.39, 0.29) is 11.8 Å². The van der Waals surface area contributed by atoms with Crippen molar-refractivity contribution >= 4 is 33.6 Å². The number of aliphatic carboxylic acids is 1. The van der Waals surface area contributed by atoms with Crippen LogP contribution in [0.5, 0.6) is 0 Å². The molecule has 0 radical (unpaired) electrons. The fourth-order valence-corrected chi connectivity index (χ4v) is 2.64. The van der Waals surface area contributed by atoms with Gasteiger partial charge in [0, 0.05) is 17.7 Å². The highest BCUT2D eigenvalue weighted by molar-refractivity contribution is 5.93. The number of benzene rings is 2. The van der Waals surface area contributed by atoms with Gasteiger partial charge in [0.15, 0.2) is 0 Å². The van der Waals surface area contributed by atoms with Crippen LogP contribution in [-0.4, -0.2) is 32.2 Å². The predicted molar refractivity (Wildman–Crippen MR) is 90.9 cm³/mol. The Hall–Kier alpha value is -2.66. The summed E-state index contributed by atoms with van der Waals surface area (Å²) >= 11 is 0. The summed E-state index contributed by atoms with van der Waals surface area (Å²) in [5.74, 6) is -0.958. The number of rotatable bonds is 3. The molecule has 0 aliphatic rings. The monoisotopic (exact) mass is 312 g/mol. The molecule has 118 valence electrons. The molecule has 0 aliphatic carbocycles. The molecule has 3 aromatic rings. The first-order chi connectivity index (χ1) is 10.8. The number of nitrogens with zero attached hydrogens (tertiary/aromatic N) is 1. The number of carboxylic acids is 1. The minimum Gasteiger partial charge on any atom is -0.481 e. The molecule has 0 bridgehead atoms. The molecule has 3 rings (SSSR count). The fourth-order valence-electron chi connectivity index (χ4n) is 2.64. The van der Waals surface area contributed by atoms with Gasteiger partial charge in [-0.15, -0.1) is 0 Å². The minimum atomic E-state index is -0.958. The molecule has 0 amide bonds. The van der Waals surface area contributed by atoms with Crippen molar-refractivity contribution in [2.45, 2.75) is 6.42 Å². The number of carboxylic acid groups (broad SMARTS) is 1. The van der Waals surface area contributed by atoms with Crippen molar-refractivity contribution < 1.29 is 14.3 Å². The quantitative estimate of drug-likeness (QED) is 0.596. The molecule has 0 aliphatic heterocycles. The molecule has 0 saturated heterocycles. The van der Waals surface area contributed by atoms with Crippen LogP contribution in [-0.2, 0) is 11.2 Å². The van der Waals surface area contributed by atoms with Crippen LogP contribution in [0.25, 0.3) is 21.9 Å². The normalized spacial score (nSPS) is 12.0. The number of para-hydroxylation sites is 1. The maximum Gasteiger partial charge on any atom is 0.307 e. The SMILES string of the molecule is C[N+](C)(C)c1ccc2oc3c(CC(=O)O)cccc3c(=O)c2c1. The average Bonchev–Trinajstić information content (AvgIpc) is 2.46. The molecule has 2 aromatic carbocycles. The van der Waals surface area contributed by atoms with Crippen molar-refractivity contribution in [3.63, 3.8) is 0 Å². The Bertz CT molecular complexity index is 980. The van der Waals surface area contributed by atoms with Crippen molar-refractivity contribution in [3.8, 4) is 0 Å². The first-order valence-corrected chi connectivity index (χ1v) is 7.29. The molecule has 5 heteroatoms. The zero-order valence-corrected chi connectivity index (χ0v) is 13.3. The maximum atomic E-state index is 12.8. The van der Waals surface area contributed by atoms with Crippen LogP contribution in [0.15, 0.2) is 45.6 Å². The summed E-state index contributed by atoms with van der Waals surface area (Å²) in [5, 5.41) is 9.93. The summed E-state index contributed by atoms with van der Waals surface area (Å²) in [4.78, 5) is 23.8. The zero-order valence-electron chi connectivity index (χ0n) is 13.3. The van der Waals surface area contributed by atoms with Crippen LogP contribution in [0.4, 0.5) is 5.69 Å².